The summed E-state index contributed by atoms with van der Waals surface area (Å²) in [5.74, 6) is -1.36. The smallest absolute Gasteiger partial charge is 0.412 e. The lowest BCUT2D eigenvalue weighted by Crippen LogP contribution is -2.28. The minimum Gasteiger partial charge on any atom is -0.481 e. The van der Waals surface area contributed by atoms with Crippen molar-refractivity contribution in [3.8, 4) is 0 Å². The molecule has 22 heavy (non-hydrogen) atoms. The van der Waals surface area contributed by atoms with Crippen LogP contribution in [0, 0.1) is 11.2 Å². The van der Waals surface area contributed by atoms with Gasteiger partial charge in [-0.15, -0.1) is 0 Å². The van der Waals surface area contributed by atoms with Crippen LogP contribution in [0.15, 0.2) is 18.2 Å². The van der Waals surface area contributed by atoms with Crippen molar-refractivity contribution in [3.63, 3.8) is 0 Å². The molecule has 1 aromatic rings. The van der Waals surface area contributed by atoms with E-state index in [1.54, 1.807) is 20.8 Å². The molecule has 0 unspecified atom stereocenters. The molecule has 1 aliphatic rings. The molecule has 6 heteroatoms. The Balaban J connectivity index is 2.18. The summed E-state index contributed by atoms with van der Waals surface area (Å²) in [6.07, 6.45) is 0.654. The molecular formula is C16H20FNO4. The number of hydrogen-bond acceptors (Lipinski definition) is 3. The third kappa shape index (κ3) is 3.96. The molecule has 120 valence electrons. The molecule has 2 rings (SSSR count). The summed E-state index contributed by atoms with van der Waals surface area (Å²) >= 11 is 0. The van der Waals surface area contributed by atoms with Crippen LogP contribution in [-0.4, -0.2) is 22.8 Å². The van der Waals surface area contributed by atoms with Crippen LogP contribution < -0.4 is 5.32 Å². The second-order valence-corrected chi connectivity index (χ2v) is 6.69. The van der Waals surface area contributed by atoms with E-state index in [4.69, 9.17) is 4.74 Å². The Morgan fingerprint density at radius 1 is 1.36 bits per heavy atom. The number of carboxylic acids is 1. The SMILES string of the molecule is CC(C)(C)OC(=O)Nc1ccc(F)cc1CC1(C(=O)O)CC1. The number of halogens is 1. The molecule has 5 nitrogen and oxygen atoms in total. The predicted molar refractivity (Wildman–Crippen MR) is 79.3 cm³/mol. The first-order chi connectivity index (χ1) is 10.1. The summed E-state index contributed by atoms with van der Waals surface area (Å²) in [7, 11) is 0. The van der Waals surface area contributed by atoms with E-state index in [1.165, 1.54) is 18.2 Å². The number of carboxylic acid groups (broad SMARTS) is 1. The van der Waals surface area contributed by atoms with Gasteiger partial charge in [0.1, 0.15) is 11.4 Å². The van der Waals surface area contributed by atoms with Crippen LogP contribution in [0.25, 0.3) is 0 Å². The number of aliphatic carboxylic acids is 1. The minimum atomic E-state index is -0.889. The van der Waals surface area contributed by atoms with E-state index >= 15 is 0 Å². The van der Waals surface area contributed by atoms with Gasteiger partial charge in [-0.3, -0.25) is 10.1 Å². The fourth-order valence-electron chi connectivity index (χ4n) is 2.23. The Morgan fingerprint density at radius 3 is 2.50 bits per heavy atom. The molecule has 0 bridgehead atoms. The van der Waals surface area contributed by atoms with Crippen LogP contribution in [0.1, 0.15) is 39.2 Å². The van der Waals surface area contributed by atoms with Gasteiger partial charge in [-0.1, -0.05) is 0 Å². The highest BCUT2D eigenvalue weighted by Crippen LogP contribution is 2.49. The van der Waals surface area contributed by atoms with E-state index < -0.39 is 28.9 Å². The largest absolute Gasteiger partial charge is 0.481 e. The molecule has 0 radical (unpaired) electrons. The summed E-state index contributed by atoms with van der Waals surface area (Å²) in [4.78, 5) is 23.1. The quantitative estimate of drug-likeness (QED) is 0.891. The van der Waals surface area contributed by atoms with Gasteiger partial charge < -0.3 is 9.84 Å². The van der Waals surface area contributed by atoms with Crippen LogP contribution >= 0.6 is 0 Å². The molecule has 0 aliphatic heterocycles. The summed E-state index contributed by atoms with van der Waals surface area (Å²) in [5, 5.41) is 11.8. The van der Waals surface area contributed by atoms with E-state index in [-0.39, 0.29) is 6.42 Å². The number of nitrogens with one attached hydrogen (secondary N) is 1. The van der Waals surface area contributed by atoms with Crippen LogP contribution in [-0.2, 0) is 16.0 Å². The van der Waals surface area contributed by atoms with Crippen molar-refractivity contribution in [3.05, 3.63) is 29.6 Å². The third-order valence-electron chi connectivity index (χ3n) is 3.54. The lowest BCUT2D eigenvalue weighted by molar-refractivity contribution is -0.143. The lowest BCUT2D eigenvalue weighted by Gasteiger charge is -2.21. The van der Waals surface area contributed by atoms with E-state index in [2.05, 4.69) is 5.32 Å². The second kappa shape index (κ2) is 5.59. The summed E-state index contributed by atoms with van der Waals surface area (Å²) in [6, 6.07) is 3.90. The van der Waals surface area contributed by atoms with E-state index in [0.717, 1.165) is 0 Å². The van der Waals surface area contributed by atoms with Crippen molar-refractivity contribution in [1.82, 2.24) is 0 Å². The predicted octanol–water partition coefficient (Wildman–Crippen LogP) is 3.58. The molecule has 1 fully saturated rings. The highest BCUT2D eigenvalue weighted by atomic mass is 19.1. The number of carbonyl (C=O) groups is 2. The Bertz CT molecular complexity index is 603. The Morgan fingerprint density at radius 2 is 2.00 bits per heavy atom. The van der Waals surface area contributed by atoms with Crippen molar-refractivity contribution >= 4 is 17.7 Å². The van der Waals surface area contributed by atoms with Gasteiger partial charge >= 0.3 is 12.1 Å². The molecule has 0 atom stereocenters. The Kier molecular flexibility index (Phi) is 4.13. The van der Waals surface area contributed by atoms with Crippen molar-refractivity contribution < 1.29 is 23.8 Å². The third-order valence-corrected chi connectivity index (χ3v) is 3.54. The van der Waals surface area contributed by atoms with Crippen LogP contribution in [0.5, 0.6) is 0 Å². The number of hydrogen-bond donors (Lipinski definition) is 2. The Hall–Kier alpha value is -2.11. The normalized spacial score (nSPS) is 16.0. The molecule has 0 spiro atoms. The zero-order valence-corrected chi connectivity index (χ0v) is 12.9. The summed E-state index contributed by atoms with van der Waals surface area (Å²) in [5.41, 5.74) is -0.643. The zero-order chi connectivity index (χ0) is 16.5. The van der Waals surface area contributed by atoms with Gasteiger partial charge in [0.2, 0.25) is 0 Å². The first-order valence-corrected chi connectivity index (χ1v) is 7.13. The van der Waals surface area contributed by atoms with Gasteiger partial charge in [-0.25, -0.2) is 9.18 Å². The lowest BCUT2D eigenvalue weighted by atomic mass is 9.95. The Labute approximate surface area is 128 Å². The average molecular weight is 309 g/mol. The molecule has 1 aromatic carbocycles. The second-order valence-electron chi connectivity index (χ2n) is 6.69. The zero-order valence-electron chi connectivity index (χ0n) is 12.9. The molecule has 1 aliphatic carbocycles. The van der Waals surface area contributed by atoms with Gasteiger partial charge in [0.05, 0.1) is 5.41 Å². The number of amides is 1. The maximum absolute atomic E-state index is 13.5. The number of ether oxygens (including phenoxy) is 1. The maximum Gasteiger partial charge on any atom is 0.412 e. The molecule has 0 saturated heterocycles. The van der Waals surface area contributed by atoms with Crippen molar-refractivity contribution in [1.29, 1.82) is 0 Å². The highest BCUT2D eigenvalue weighted by molar-refractivity contribution is 5.86. The summed E-state index contributed by atoms with van der Waals surface area (Å²) < 4.78 is 18.6. The fraction of sp³-hybridized carbons (Fsp3) is 0.500. The first-order valence-electron chi connectivity index (χ1n) is 7.13. The van der Waals surface area contributed by atoms with Gasteiger partial charge in [0.15, 0.2) is 0 Å². The van der Waals surface area contributed by atoms with Gasteiger partial charge in [-0.05, 0) is 63.8 Å². The average Bonchev–Trinajstić information content (AvgIpc) is 3.11. The highest BCUT2D eigenvalue weighted by Gasteiger charge is 2.50. The van der Waals surface area contributed by atoms with Crippen LogP contribution in [0.3, 0.4) is 0 Å². The number of carbonyl (C=O) groups excluding carboxylic acids is 1. The van der Waals surface area contributed by atoms with E-state index in [9.17, 15) is 19.1 Å². The van der Waals surface area contributed by atoms with Crippen LogP contribution in [0.4, 0.5) is 14.9 Å². The van der Waals surface area contributed by atoms with Gasteiger partial charge in [0.25, 0.3) is 0 Å². The molecular weight excluding hydrogens is 289 g/mol. The number of benzene rings is 1. The van der Waals surface area contributed by atoms with Gasteiger partial charge in [-0.2, -0.15) is 0 Å². The van der Waals surface area contributed by atoms with Gasteiger partial charge in [0, 0.05) is 5.69 Å². The molecule has 0 heterocycles. The van der Waals surface area contributed by atoms with Crippen molar-refractivity contribution in [2.45, 2.75) is 45.6 Å². The molecule has 1 amide bonds. The topological polar surface area (TPSA) is 75.6 Å². The summed E-state index contributed by atoms with van der Waals surface area (Å²) in [6.45, 7) is 5.21. The van der Waals surface area contributed by atoms with Crippen molar-refractivity contribution in [2.24, 2.45) is 5.41 Å². The van der Waals surface area contributed by atoms with Crippen molar-refractivity contribution in [2.75, 3.05) is 5.32 Å². The number of anilines is 1. The van der Waals surface area contributed by atoms with Crippen LogP contribution in [0.2, 0.25) is 0 Å². The van der Waals surface area contributed by atoms with E-state index in [0.29, 0.717) is 24.1 Å². The fourth-order valence-corrected chi connectivity index (χ4v) is 2.23. The monoisotopic (exact) mass is 309 g/mol. The van der Waals surface area contributed by atoms with E-state index in [1.807, 2.05) is 0 Å². The molecule has 0 aromatic heterocycles. The molecule has 2 N–H and O–H groups in total. The first kappa shape index (κ1) is 16.3. The number of rotatable bonds is 4. The maximum atomic E-state index is 13.5. The molecule has 1 saturated carbocycles. The standard InChI is InChI=1S/C16H20FNO4/c1-15(2,3)22-14(21)18-12-5-4-11(17)8-10(12)9-16(6-7-16)13(19)20/h4-5,8H,6-7,9H2,1-3H3,(H,18,21)(H,19,20). The minimum absolute atomic E-state index is 0.186.